The summed E-state index contributed by atoms with van der Waals surface area (Å²) in [6.45, 7) is 1.66. The zero-order valence-electron chi connectivity index (χ0n) is 15.4. The van der Waals surface area contributed by atoms with E-state index in [1.807, 2.05) is 0 Å². The van der Waals surface area contributed by atoms with Gasteiger partial charge in [0.25, 0.3) is 5.91 Å². The minimum atomic E-state index is -0.709. The Balaban J connectivity index is 1.90. The number of hydrogen-bond donors (Lipinski definition) is 2. The standard InChI is InChI=1S/C19H16Cl2FN5O2/c1-9(16-11(20)4-5-12(22)17(16)21)29-15-7-14(26-27-18(15)23)10-3-6-13(25-8-10)19(28)24-2/h3-9H,1-2H3,(H2,23,27)(H,24,28)/t9-/m1/s1. The molecule has 1 aromatic carbocycles. The molecule has 0 radical (unpaired) electrons. The molecule has 10 heteroatoms. The fourth-order valence-electron chi connectivity index (χ4n) is 2.59. The number of nitrogens with zero attached hydrogens (tertiary/aromatic N) is 3. The van der Waals surface area contributed by atoms with Crippen LogP contribution in [0.2, 0.25) is 10.0 Å². The Morgan fingerprint density at radius 2 is 2.00 bits per heavy atom. The molecule has 29 heavy (non-hydrogen) atoms. The van der Waals surface area contributed by atoms with E-state index in [1.165, 1.54) is 25.4 Å². The number of ether oxygens (including phenoxy) is 1. The molecule has 0 aliphatic rings. The van der Waals surface area contributed by atoms with E-state index in [1.54, 1.807) is 25.1 Å². The molecule has 150 valence electrons. The van der Waals surface area contributed by atoms with E-state index in [9.17, 15) is 9.18 Å². The lowest BCUT2D eigenvalue weighted by Gasteiger charge is -2.19. The van der Waals surface area contributed by atoms with Crippen LogP contribution in [-0.2, 0) is 0 Å². The maximum absolute atomic E-state index is 13.8. The maximum Gasteiger partial charge on any atom is 0.269 e. The zero-order chi connectivity index (χ0) is 21.1. The SMILES string of the molecule is CNC(=O)c1ccc(-c2cc(O[C@H](C)c3c(Cl)ccc(F)c3Cl)c(N)nn2)cn1. The average Bonchev–Trinajstić information content (AvgIpc) is 2.72. The van der Waals surface area contributed by atoms with Gasteiger partial charge in [0.05, 0.1) is 10.7 Å². The second-order valence-corrected chi connectivity index (χ2v) is 6.79. The molecule has 3 N–H and O–H groups in total. The predicted octanol–water partition coefficient (Wildman–Crippen LogP) is 4.07. The summed E-state index contributed by atoms with van der Waals surface area (Å²) in [4.78, 5) is 15.7. The van der Waals surface area contributed by atoms with Gasteiger partial charge in [0.15, 0.2) is 11.6 Å². The topological polar surface area (TPSA) is 103 Å². The average molecular weight is 436 g/mol. The molecule has 2 aromatic heterocycles. The van der Waals surface area contributed by atoms with Crippen molar-refractivity contribution in [2.75, 3.05) is 12.8 Å². The molecular weight excluding hydrogens is 420 g/mol. The second kappa shape index (κ2) is 8.59. The highest BCUT2D eigenvalue weighted by Gasteiger charge is 2.20. The molecule has 0 saturated carbocycles. The van der Waals surface area contributed by atoms with Crippen LogP contribution in [0.5, 0.6) is 5.75 Å². The molecular formula is C19H16Cl2FN5O2. The quantitative estimate of drug-likeness (QED) is 0.585. The fourth-order valence-corrected chi connectivity index (χ4v) is 3.27. The molecule has 7 nitrogen and oxygen atoms in total. The third-order valence-electron chi connectivity index (χ3n) is 4.09. The molecule has 0 saturated heterocycles. The van der Waals surface area contributed by atoms with Crippen molar-refractivity contribution in [2.24, 2.45) is 0 Å². The molecule has 0 unspecified atom stereocenters. The van der Waals surface area contributed by atoms with Crippen molar-refractivity contribution in [2.45, 2.75) is 13.0 Å². The molecule has 3 aromatic rings. The number of halogens is 3. The number of rotatable bonds is 5. The number of amides is 1. The van der Waals surface area contributed by atoms with Crippen LogP contribution in [0.3, 0.4) is 0 Å². The zero-order valence-corrected chi connectivity index (χ0v) is 16.9. The van der Waals surface area contributed by atoms with Gasteiger partial charge in [-0.05, 0) is 31.2 Å². The van der Waals surface area contributed by atoms with E-state index >= 15 is 0 Å². The number of nitrogens with two attached hydrogens (primary N) is 1. The number of nitrogen functional groups attached to an aromatic ring is 1. The van der Waals surface area contributed by atoms with E-state index in [0.29, 0.717) is 16.8 Å². The third kappa shape index (κ3) is 4.38. The van der Waals surface area contributed by atoms with Gasteiger partial charge in [-0.15, -0.1) is 10.2 Å². The minimum Gasteiger partial charge on any atom is -0.482 e. The number of nitrogens with one attached hydrogen (secondary N) is 1. The third-order valence-corrected chi connectivity index (χ3v) is 4.81. The first-order valence-corrected chi connectivity index (χ1v) is 9.19. The van der Waals surface area contributed by atoms with Gasteiger partial charge in [-0.2, -0.15) is 0 Å². The van der Waals surface area contributed by atoms with Gasteiger partial charge in [0.1, 0.15) is 17.6 Å². The molecule has 1 amide bonds. The van der Waals surface area contributed by atoms with Crippen molar-refractivity contribution in [3.8, 4) is 17.0 Å². The molecule has 1 atom stereocenters. The van der Waals surface area contributed by atoms with Crippen LogP contribution < -0.4 is 15.8 Å². The van der Waals surface area contributed by atoms with E-state index in [4.69, 9.17) is 33.7 Å². The predicted molar refractivity (Wildman–Crippen MR) is 109 cm³/mol. The first-order chi connectivity index (χ1) is 13.8. The van der Waals surface area contributed by atoms with Gasteiger partial charge in [-0.25, -0.2) is 4.39 Å². The van der Waals surface area contributed by atoms with E-state index in [-0.39, 0.29) is 33.2 Å². The monoisotopic (exact) mass is 435 g/mol. The Kier molecular flexibility index (Phi) is 6.14. The van der Waals surface area contributed by atoms with Gasteiger partial charge >= 0.3 is 0 Å². The summed E-state index contributed by atoms with van der Waals surface area (Å²) in [7, 11) is 1.52. The fraction of sp³-hybridized carbons (Fsp3) is 0.158. The highest BCUT2D eigenvalue weighted by Crippen LogP contribution is 2.36. The summed E-state index contributed by atoms with van der Waals surface area (Å²) >= 11 is 12.2. The molecule has 0 aliphatic carbocycles. The van der Waals surface area contributed by atoms with Gasteiger partial charge in [0, 0.05) is 35.5 Å². The lowest BCUT2D eigenvalue weighted by Crippen LogP contribution is -2.18. The Hall–Kier alpha value is -2.97. The van der Waals surface area contributed by atoms with Gasteiger partial charge in [-0.1, -0.05) is 23.2 Å². The van der Waals surface area contributed by atoms with Crippen LogP contribution in [0.4, 0.5) is 10.2 Å². The number of aromatic nitrogens is 3. The first-order valence-electron chi connectivity index (χ1n) is 8.43. The summed E-state index contributed by atoms with van der Waals surface area (Å²) in [6.07, 6.45) is 0.775. The van der Waals surface area contributed by atoms with Crippen molar-refractivity contribution >= 4 is 34.9 Å². The molecule has 0 fully saturated rings. The Morgan fingerprint density at radius 1 is 1.24 bits per heavy atom. The molecule has 2 heterocycles. The molecule has 0 aliphatic heterocycles. The van der Waals surface area contributed by atoms with Gasteiger partial charge in [0.2, 0.25) is 0 Å². The Labute approximate surface area is 176 Å². The van der Waals surface area contributed by atoms with Crippen molar-refractivity contribution in [3.63, 3.8) is 0 Å². The normalized spacial score (nSPS) is 11.8. The van der Waals surface area contributed by atoms with Crippen molar-refractivity contribution < 1.29 is 13.9 Å². The summed E-state index contributed by atoms with van der Waals surface area (Å²) < 4.78 is 19.7. The number of pyridine rings is 1. The second-order valence-electron chi connectivity index (χ2n) is 6.01. The number of anilines is 1. The highest BCUT2D eigenvalue weighted by molar-refractivity contribution is 6.36. The van der Waals surface area contributed by atoms with Crippen LogP contribution in [0.25, 0.3) is 11.3 Å². The van der Waals surface area contributed by atoms with Crippen molar-refractivity contribution in [1.29, 1.82) is 0 Å². The number of benzene rings is 1. The molecule has 0 spiro atoms. The lowest BCUT2D eigenvalue weighted by atomic mass is 10.1. The van der Waals surface area contributed by atoms with E-state index < -0.39 is 11.9 Å². The summed E-state index contributed by atoms with van der Waals surface area (Å²) in [5.41, 5.74) is 7.46. The van der Waals surface area contributed by atoms with Gasteiger partial charge < -0.3 is 15.8 Å². The summed E-state index contributed by atoms with van der Waals surface area (Å²) in [6, 6.07) is 7.37. The summed E-state index contributed by atoms with van der Waals surface area (Å²) in [5, 5.41) is 10.5. The first kappa shape index (κ1) is 20.8. The maximum atomic E-state index is 13.8. The van der Waals surface area contributed by atoms with E-state index in [0.717, 1.165) is 0 Å². The van der Waals surface area contributed by atoms with Crippen LogP contribution in [0.15, 0.2) is 36.5 Å². The number of carbonyl (C=O) groups excluding carboxylic acids is 1. The summed E-state index contributed by atoms with van der Waals surface area (Å²) in [5.74, 6) is -0.652. The van der Waals surface area contributed by atoms with Crippen LogP contribution in [0, 0.1) is 5.82 Å². The van der Waals surface area contributed by atoms with Crippen LogP contribution >= 0.6 is 23.2 Å². The van der Waals surface area contributed by atoms with Gasteiger partial charge in [-0.3, -0.25) is 9.78 Å². The highest BCUT2D eigenvalue weighted by atomic mass is 35.5. The van der Waals surface area contributed by atoms with E-state index in [2.05, 4.69) is 20.5 Å². The number of carbonyl (C=O) groups is 1. The lowest BCUT2D eigenvalue weighted by molar-refractivity contribution is 0.0958. The van der Waals surface area contributed by atoms with Crippen LogP contribution in [-0.4, -0.2) is 28.1 Å². The van der Waals surface area contributed by atoms with Crippen LogP contribution in [0.1, 0.15) is 29.1 Å². The molecule has 0 bridgehead atoms. The van der Waals surface area contributed by atoms with Crippen molar-refractivity contribution in [1.82, 2.24) is 20.5 Å². The smallest absolute Gasteiger partial charge is 0.269 e. The van der Waals surface area contributed by atoms with Crippen molar-refractivity contribution in [3.05, 3.63) is 63.6 Å². The Bertz CT molecular complexity index is 1060. The molecule has 3 rings (SSSR count). The largest absolute Gasteiger partial charge is 0.482 e. The minimum absolute atomic E-state index is 0.0409. The number of hydrogen-bond acceptors (Lipinski definition) is 6. The Morgan fingerprint density at radius 3 is 2.66 bits per heavy atom.